The highest BCUT2D eigenvalue weighted by molar-refractivity contribution is 6.32. The molecule has 0 amide bonds. The smallest absolute Gasteiger partial charge is 0.198 e. The van der Waals surface area contributed by atoms with E-state index in [1.54, 1.807) is 40.7 Å². The van der Waals surface area contributed by atoms with Crippen LogP contribution in [0.3, 0.4) is 0 Å². The van der Waals surface area contributed by atoms with Crippen LogP contribution in [-0.4, -0.2) is 134 Å². The second kappa shape index (κ2) is 14.6. The molecule has 318 valence electrons. The lowest BCUT2D eigenvalue weighted by Crippen LogP contribution is -2.69. The third-order valence-electron chi connectivity index (χ3n) is 13.3. The molecule has 16 nitrogen and oxygen atoms in total. The molecule has 0 aromatic heterocycles. The SMILES string of the molecule is CC1OC(OC2CCC(OC3(C)CC(=O)C4(O)C5=C(C=CC4(O)C3)C(=O)c3c(ccc(C4CC6OC7CC(O)C(C)OC7OC6C(C)O4)c3O)C5=O)OC2C)C=CC1=O. The van der Waals surface area contributed by atoms with E-state index in [2.05, 4.69) is 0 Å². The molecule has 1 aromatic carbocycles. The van der Waals surface area contributed by atoms with Crippen molar-refractivity contribution in [1.82, 2.24) is 0 Å². The van der Waals surface area contributed by atoms with Crippen molar-refractivity contribution in [3.05, 3.63) is 64.3 Å². The van der Waals surface area contributed by atoms with Gasteiger partial charge in [0.2, 0.25) is 0 Å². The van der Waals surface area contributed by atoms with Crippen molar-refractivity contribution >= 4 is 23.1 Å². The van der Waals surface area contributed by atoms with Gasteiger partial charge in [0.15, 0.2) is 47.6 Å². The van der Waals surface area contributed by atoms with Gasteiger partial charge in [-0.3, -0.25) is 19.2 Å². The van der Waals surface area contributed by atoms with Gasteiger partial charge in [0.05, 0.1) is 59.5 Å². The number of aliphatic hydroxyl groups is 3. The maximum atomic E-state index is 14.4. The summed E-state index contributed by atoms with van der Waals surface area (Å²) in [7, 11) is 0. The van der Waals surface area contributed by atoms with Gasteiger partial charge in [0.25, 0.3) is 0 Å². The molecule has 1 saturated carbocycles. The van der Waals surface area contributed by atoms with Crippen LogP contribution in [0.4, 0.5) is 0 Å². The van der Waals surface area contributed by atoms with Gasteiger partial charge >= 0.3 is 0 Å². The van der Waals surface area contributed by atoms with E-state index in [9.17, 15) is 39.6 Å². The standard InChI is InChI=1S/C43H50O16/c1-18-25(44)8-10-32(53-18)57-27-9-11-33(54-20(27)3)59-41(5)16-31(46)43(51)35-24(12-13-42(43,50)17-41)37(48)34-23(38(35)49)7-6-22(36(34)47)28-15-29-39(21(4)52-28)58-40-30(56-29)14-26(45)19(2)55-40/h6-8,10,12-13,18-21,26-30,32-33,39-40,45,47,50-51H,9,11,14-17H2,1-5H3. The summed E-state index contributed by atoms with van der Waals surface area (Å²) in [5.41, 5.74) is -7.69. The normalized spacial score (nSPS) is 45.7. The minimum atomic E-state index is -2.80. The molecule has 59 heavy (non-hydrogen) atoms. The van der Waals surface area contributed by atoms with Gasteiger partial charge in [-0.15, -0.1) is 0 Å². The molecule has 0 radical (unpaired) electrons. The summed E-state index contributed by atoms with van der Waals surface area (Å²) in [6.45, 7) is 8.63. The van der Waals surface area contributed by atoms with Crippen molar-refractivity contribution in [2.45, 2.75) is 170 Å². The van der Waals surface area contributed by atoms with E-state index < -0.39 is 126 Å². The monoisotopic (exact) mass is 822 g/mol. The number of ketones is 4. The first kappa shape index (κ1) is 40.9. The van der Waals surface area contributed by atoms with Crippen LogP contribution in [0.25, 0.3) is 0 Å². The summed E-state index contributed by atoms with van der Waals surface area (Å²) in [5.74, 6) is -3.25. The molecule has 5 aliphatic heterocycles. The van der Waals surface area contributed by atoms with Gasteiger partial charge < -0.3 is 58.3 Å². The third-order valence-corrected chi connectivity index (χ3v) is 13.3. The number of hydrogen-bond donors (Lipinski definition) is 4. The molecule has 16 heteroatoms. The third kappa shape index (κ3) is 6.63. The number of carbonyl (C=O) groups is 4. The Kier molecular flexibility index (Phi) is 10.1. The Morgan fingerprint density at radius 1 is 0.831 bits per heavy atom. The van der Waals surface area contributed by atoms with Gasteiger partial charge in [0.1, 0.15) is 29.7 Å². The Labute approximate surface area is 340 Å². The van der Waals surface area contributed by atoms with Gasteiger partial charge in [-0.1, -0.05) is 12.1 Å². The van der Waals surface area contributed by atoms with Crippen LogP contribution in [0.15, 0.2) is 47.6 Å². The van der Waals surface area contributed by atoms with Gasteiger partial charge in [-0.05, 0) is 65.3 Å². The molecule has 8 aliphatic rings. The van der Waals surface area contributed by atoms with Crippen LogP contribution >= 0.6 is 0 Å². The van der Waals surface area contributed by atoms with Crippen LogP contribution in [-0.2, 0) is 47.5 Å². The Hall–Kier alpha value is -3.52. The molecule has 1 aromatic rings. The zero-order chi connectivity index (χ0) is 41.9. The van der Waals surface area contributed by atoms with Gasteiger partial charge in [-0.25, -0.2) is 0 Å². The number of aliphatic hydroxyl groups excluding tert-OH is 1. The van der Waals surface area contributed by atoms with Crippen molar-refractivity contribution in [3.8, 4) is 5.75 Å². The number of carbonyl (C=O) groups excluding carboxylic acids is 4. The molecule has 3 aliphatic carbocycles. The Bertz CT molecular complexity index is 2060. The number of phenols is 1. The zero-order valence-electron chi connectivity index (χ0n) is 33.4. The molecule has 0 spiro atoms. The Balaban J connectivity index is 0.910. The fourth-order valence-corrected chi connectivity index (χ4v) is 10.1. The Morgan fingerprint density at radius 2 is 1.61 bits per heavy atom. The predicted octanol–water partition coefficient (Wildman–Crippen LogP) is 2.52. The van der Waals surface area contributed by atoms with Crippen molar-refractivity contribution in [2.75, 3.05) is 0 Å². The summed E-state index contributed by atoms with van der Waals surface area (Å²) >= 11 is 0. The van der Waals surface area contributed by atoms with Crippen LogP contribution in [0.5, 0.6) is 5.75 Å². The van der Waals surface area contributed by atoms with E-state index in [4.69, 9.17) is 37.9 Å². The number of hydrogen-bond acceptors (Lipinski definition) is 16. The number of Topliss-reactive ketones (excluding diaryl/α,β-unsaturated/α-hetero) is 3. The second-order valence-corrected chi connectivity index (χ2v) is 17.5. The van der Waals surface area contributed by atoms with E-state index in [0.29, 0.717) is 19.3 Å². The lowest BCUT2D eigenvalue weighted by atomic mass is 9.57. The topological polar surface area (TPSA) is 223 Å². The molecule has 4 N–H and O–H groups in total. The van der Waals surface area contributed by atoms with Gasteiger partial charge in [-0.2, -0.15) is 0 Å². The summed E-state index contributed by atoms with van der Waals surface area (Å²) in [6, 6.07) is 2.82. The van der Waals surface area contributed by atoms with E-state index >= 15 is 0 Å². The lowest BCUT2D eigenvalue weighted by molar-refractivity contribution is -0.365. The molecule has 16 unspecified atom stereocenters. The molecule has 5 heterocycles. The van der Waals surface area contributed by atoms with Crippen LogP contribution < -0.4 is 0 Å². The summed E-state index contributed by atoms with van der Waals surface area (Å²) in [5, 5.41) is 46.5. The quantitative estimate of drug-likeness (QED) is 0.335. The summed E-state index contributed by atoms with van der Waals surface area (Å²) in [6.07, 6.45) is -1.63. The Morgan fingerprint density at radius 3 is 2.36 bits per heavy atom. The lowest BCUT2D eigenvalue weighted by Gasteiger charge is -2.53. The second-order valence-electron chi connectivity index (χ2n) is 17.5. The predicted molar refractivity (Wildman–Crippen MR) is 200 cm³/mol. The number of rotatable bonds is 5. The van der Waals surface area contributed by atoms with Crippen molar-refractivity contribution in [2.24, 2.45) is 0 Å². The summed E-state index contributed by atoms with van der Waals surface area (Å²) in [4.78, 5) is 54.6. The largest absolute Gasteiger partial charge is 0.507 e. The molecule has 16 atom stereocenters. The van der Waals surface area contributed by atoms with Crippen LogP contribution in [0.1, 0.15) is 106 Å². The number of phenolic OH excluding ortho intramolecular Hbond substituents is 1. The van der Waals surface area contributed by atoms with Crippen molar-refractivity contribution in [1.29, 1.82) is 0 Å². The minimum Gasteiger partial charge on any atom is -0.507 e. The molecule has 5 fully saturated rings. The minimum absolute atomic E-state index is 0.148. The first-order valence-electron chi connectivity index (χ1n) is 20.4. The van der Waals surface area contributed by atoms with E-state index in [1.165, 1.54) is 24.3 Å². The van der Waals surface area contributed by atoms with Crippen LogP contribution in [0, 0.1) is 0 Å². The van der Waals surface area contributed by atoms with Gasteiger partial charge in [0, 0.05) is 48.8 Å². The average molecular weight is 823 g/mol. The highest BCUT2D eigenvalue weighted by atomic mass is 16.7. The van der Waals surface area contributed by atoms with E-state index in [1.807, 2.05) is 0 Å². The molecule has 9 rings (SSSR count). The van der Waals surface area contributed by atoms with E-state index in [0.717, 1.165) is 6.08 Å². The first-order valence-corrected chi connectivity index (χ1v) is 20.4. The molecular weight excluding hydrogens is 772 g/mol. The average Bonchev–Trinajstić information content (AvgIpc) is 3.16. The number of ether oxygens (including phenoxy) is 8. The highest BCUT2D eigenvalue weighted by Crippen LogP contribution is 2.53. The number of allylic oxidation sites excluding steroid dienone is 2. The van der Waals surface area contributed by atoms with Crippen molar-refractivity contribution in [3.63, 3.8) is 0 Å². The van der Waals surface area contributed by atoms with Crippen LogP contribution in [0.2, 0.25) is 0 Å². The van der Waals surface area contributed by atoms with E-state index in [-0.39, 0.29) is 47.0 Å². The fraction of sp³-hybridized carbons (Fsp3) is 0.628. The fourth-order valence-electron chi connectivity index (χ4n) is 10.1. The highest BCUT2D eigenvalue weighted by Gasteiger charge is 2.67. The molecular formula is C43H50O16. The molecule has 0 bridgehead atoms. The van der Waals surface area contributed by atoms with Crippen molar-refractivity contribution < 1.29 is 77.5 Å². The zero-order valence-corrected chi connectivity index (χ0v) is 33.4. The number of aromatic hydroxyl groups is 1. The maximum Gasteiger partial charge on any atom is 0.198 e. The number of fused-ring (bicyclic) bond motifs is 5. The first-order chi connectivity index (χ1) is 27.9. The summed E-state index contributed by atoms with van der Waals surface area (Å²) < 4.78 is 48.8. The molecule has 4 saturated heterocycles. The maximum absolute atomic E-state index is 14.4. The number of benzene rings is 1.